The topological polar surface area (TPSA) is 76.5 Å². The molecule has 80 valence electrons. The van der Waals surface area contributed by atoms with E-state index in [1.807, 2.05) is 24.3 Å². The SMILES string of the molecule is Oc1cc(O)c2c([nH]c3ccccc32)c1O. The van der Waals surface area contributed by atoms with Gasteiger partial charge in [0.1, 0.15) is 5.75 Å². The smallest absolute Gasteiger partial charge is 0.182 e. The molecule has 0 amide bonds. The third-order valence-corrected chi connectivity index (χ3v) is 2.72. The van der Waals surface area contributed by atoms with Crippen LogP contribution >= 0.6 is 0 Å². The summed E-state index contributed by atoms with van der Waals surface area (Å²) < 4.78 is 0. The Balaban J connectivity index is 2.64. The van der Waals surface area contributed by atoms with Crippen molar-refractivity contribution in [1.29, 1.82) is 0 Å². The molecule has 0 aliphatic rings. The van der Waals surface area contributed by atoms with Crippen molar-refractivity contribution >= 4 is 21.8 Å². The number of hydrogen-bond acceptors (Lipinski definition) is 3. The van der Waals surface area contributed by atoms with Crippen LogP contribution in [-0.2, 0) is 0 Å². The first-order chi connectivity index (χ1) is 7.68. The first-order valence-electron chi connectivity index (χ1n) is 4.83. The van der Waals surface area contributed by atoms with Gasteiger partial charge >= 0.3 is 0 Å². The number of phenolic OH excluding ortho intramolecular Hbond substituents is 3. The number of phenols is 3. The highest BCUT2D eigenvalue weighted by molar-refractivity contribution is 6.12. The van der Waals surface area contributed by atoms with Crippen molar-refractivity contribution in [3.8, 4) is 17.2 Å². The molecule has 3 rings (SSSR count). The molecule has 0 saturated heterocycles. The van der Waals surface area contributed by atoms with Gasteiger partial charge < -0.3 is 20.3 Å². The lowest BCUT2D eigenvalue weighted by molar-refractivity contribution is 0.402. The van der Waals surface area contributed by atoms with Gasteiger partial charge in [0.25, 0.3) is 0 Å². The Morgan fingerprint density at radius 2 is 1.69 bits per heavy atom. The first-order valence-corrected chi connectivity index (χ1v) is 4.83. The summed E-state index contributed by atoms with van der Waals surface area (Å²) in [5.41, 5.74) is 1.15. The maximum absolute atomic E-state index is 9.77. The highest BCUT2D eigenvalue weighted by atomic mass is 16.3. The summed E-state index contributed by atoms with van der Waals surface area (Å²) in [6, 6.07) is 8.51. The molecule has 0 aliphatic carbocycles. The molecule has 4 nitrogen and oxygen atoms in total. The van der Waals surface area contributed by atoms with E-state index in [9.17, 15) is 15.3 Å². The molecule has 4 heteroatoms. The maximum atomic E-state index is 9.77. The van der Waals surface area contributed by atoms with Crippen LogP contribution in [0.1, 0.15) is 0 Å². The Morgan fingerprint density at radius 1 is 0.938 bits per heavy atom. The molecular formula is C12H9NO3. The van der Waals surface area contributed by atoms with Crippen LogP contribution in [-0.4, -0.2) is 20.3 Å². The van der Waals surface area contributed by atoms with Gasteiger partial charge in [-0.05, 0) is 6.07 Å². The average Bonchev–Trinajstić information content (AvgIpc) is 2.65. The Morgan fingerprint density at radius 3 is 2.50 bits per heavy atom. The molecule has 3 aromatic rings. The van der Waals surface area contributed by atoms with Gasteiger partial charge in [0.15, 0.2) is 11.5 Å². The van der Waals surface area contributed by atoms with Crippen molar-refractivity contribution in [2.45, 2.75) is 0 Å². The van der Waals surface area contributed by atoms with Gasteiger partial charge in [-0.25, -0.2) is 0 Å². The number of aromatic nitrogens is 1. The minimum atomic E-state index is -0.337. The lowest BCUT2D eigenvalue weighted by Crippen LogP contribution is -1.74. The van der Waals surface area contributed by atoms with Crippen LogP contribution < -0.4 is 0 Å². The molecule has 0 radical (unpaired) electrons. The monoisotopic (exact) mass is 215 g/mol. The highest BCUT2D eigenvalue weighted by Gasteiger charge is 2.14. The second-order valence-electron chi connectivity index (χ2n) is 3.68. The van der Waals surface area contributed by atoms with E-state index >= 15 is 0 Å². The van der Waals surface area contributed by atoms with Gasteiger partial charge in [0.05, 0.1) is 10.9 Å². The van der Waals surface area contributed by atoms with E-state index in [2.05, 4.69) is 4.98 Å². The first kappa shape index (κ1) is 8.91. The number of H-pyrrole nitrogens is 1. The summed E-state index contributed by atoms with van der Waals surface area (Å²) in [4.78, 5) is 2.96. The number of fused-ring (bicyclic) bond motifs is 3. The Kier molecular flexibility index (Phi) is 1.57. The van der Waals surface area contributed by atoms with Gasteiger partial charge in [-0.15, -0.1) is 0 Å². The second-order valence-corrected chi connectivity index (χ2v) is 3.68. The zero-order chi connectivity index (χ0) is 11.3. The van der Waals surface area contributed by atoms with Crippen LogP contribution in [0.3, 0.4) is 0 Å². The summed E-state index contributed by atoms with van der Waals surface area (Å²) in [7, 11) is 0. The van der Waals surface area contributed by atoms with Crippen LogP contribution in [0.4, 0.5) is 0 Å². The summed E-state index contributed by atoms with van der Waals surface area (Å²) in [5, 5.41) is 30.2. The molecule has 0 unspecified atom stereocenters. The fourth-order valence-electron chi connectivity index (χ4n) is 1.98. The summed E-state index contributed by atoms with van der Waals surface area (Å²) >= 11 is 0. The molecule has 4 N–H and O–H groups in total. The molecule has 0 spiro atoms. The summed E-state index contributed by atoms with van der Waals surface area (Å²) in [6.45, 7) is 0. The number of aromatic amines is 1. The predicted molar refractivity (Wildman–Crippen MR) is 60.8 cm³/mol. The molecule has 2 aromatic carbocycles. The van der Waals surface area contributed by atoms with Crippen LogP contribution in [0.2, 0.25) is 0 Å². The largest absolute Gasteiger partial charge is 0.507 e. The fourth-order valence-corrected chi connectivity index (χ4v) is 1.98. The van der Waals surface area contributed by atoms with E-state index in [1.54, 1.807) is 0 Å². The van der Waals surface area contributed by atoms with Crippen LogP contribution in [0, 0.1) is 0 Å². The van der Waals surface area contributed by atoms with Crippen molar-refractivity contribution in [3.63, 3.8) is 0 Å². The van der Waals surface area contributed by atoms with Gasteiger partial charge in [-0.3, -0.25) is 0 Å². The van der Waals surface area contributed by atoms with Crippen molar-refractivity contribution in [1.82, 2.24) is 4.98 Å². The van der Waals surface area contributed by atoms with E-state index in [4.69, 9.17) is 0 Å². The molecule has 1 heterocycles. The number of hydrogen-bond donors (Lipinski definition) is 4. The van der Waals surface area contributed by atoms with Crippen molar-refractivity contribution in [2.75, 3.05) is 0 Å². The Labute approximate surface area is 90.4 Å². The van der Waals surface area contributed by atoms with Crippen molar-refractivity contribution in [2.24, 2.45) is 0 Å². The molecule has 16 heavy (non-hydrogen) atoms. The molecule has 0 atom stereocenters. The predicted octanol–water partition coefficient (Wildman–Crippen LogP) is 2.44. The van der Waals surface area contributed by atoms with E-state index in [1.165, 1.54) is 0 Å². The second kappa shape index (κ2) is 2.82. The average molecular weight is 215 g/mol. The number of para-hydroxylation sites is 1. The minimum absolute atomic E-state index is 0.0530. The molecule has 0 fully saturated rings. The lowest BCUT2D eigenvalue weighted by atomic mass is 10.1. The minimum Gasteiger partial charge on any atom is -0.507 e. The van der Waals surface area contributed by atoms with Crippen LogP contribution in [0.25, 0.3) is 21.8 Å². The quantitative estimate of drug-likeness (QED) is 0.343. The number of rotatable bonds is 0. The maximum Gasteiger partial charge on any atom is 0.182 e. The Bertz CT molecular complexity index is 700. The summed E-state index contributed by atoms with van der Waals surface area (Å²) in [6.07, 6.45) is 0. The molecular weight excluding hydrogens is 206 g/mol. The van der Waals surface area contributed by atoms with Crippen LogP contribution in [0.5, 0.6) is 17.2 Å². The van der Waals surface area contributed by atoms with Gasteiger partial charge in [0, 0.05) is 17.0 Å². The van der Waals surface area contributed by atoms with E-state index in [0.29, 0.717) is 10.9 Å². The van der Waals surface area contributed by atoms with E-state index in [-0.39, 0.29) is 17.2 Å². The van der Waals surface area contributed by atoms with Crippen molar-refractivity contribution in [3.05, 3.63) is 30.3 Å². The van der Waals surface area contributed by atoms with Gasteiger partial charge in [0.2, 0.25) is 0 Å². The molecule has 0 saturated carbocycles. The molecule has 0 aliphatic heterocycles. The Hall–Kier alpha value is -2.36. The van der Waals surface area contributed by atoms with E-state index in [0.717, 1.165) is 17.0 Å². The zero-order valence-corrected chi connectivity index (χ0v) is 8.23. The molecule has 1 aromatic heterocycles. The van der Waals surface area contributed by atoms with Gasteiger partial charge in [-0.1, -0.05) is 18.2 Å². The lowest BCUT2D eigenvalue weighted by Gasteiger charge is -2.01. The number of benzene rings is 2. The van der Waals surface area contributed by atoms with Crippen molar-refractivity contribution < 1.29 is 15.3 Å². The van der Waals surface area contributed by atoms with Crippen LogP contribution in [0.15, 0.2) is 30.3 Å². The standard InChI is InChI=1S/C12H9NO3/c14-8-5-9(15)12(16)11-10(8)6-3-1-2-4-7(6)13-11/h1-5,13-16H. The summed E-state index contributed by atoms with van der Waals surface area (Å²) in [5.74, 6) is -0.636. The van der Waals surface area contributed by atoms with E-state index < -0.39 is 0 Å². The third kappa shape index (κ3) is 0.982. The number of aromatic hydroxyl groups is 3. The normalized spacial score (nSPS) is 11.2. The zero-order valence-electron chi connectivity index (χ0n) is 8.23. The highest BCUT2D eigenvalue weighted by Crippen LogP contribution is 2.42. The third-order valence-electron chi connectivity index (χ3n) is 2.72. The molecule has 0 bridgehead atoms. The number of nitrogens with one attached hydrogen (secondary N) is 1. The fraction of sp³-hybridized carbons (Fsp3) is 0. The van der Waals surface area contributed by atoms with Gasteiger partial charge in [-0.2, -0.15) is 0 Å².